The van der Waals surface area contributed by atoms with E-state index in [1.807, 2.05) is 6.20 Å². The van der Waals surface area contributed by atoms with Crippen molar-refractivity contribution in [1.29, 1.82) is 0 Å². The van der Waals surface area contributed by atoms with Gasteiger partial charge in [-0.2, -0.15) is 0 Å². The van der Waals surface area contributed by atoms with Crippen LogP contribution >= 0.6 is 15.9 Å². The van der Waals surface area contributed by atoms with E-state index in [2.05, 4.69) is 52.7 Å². The molecule has 1 aliphatic rings. The number of hydrogen-bond donors (Lipinski definition) is 0. The molecule has 1 aromatic rings. The Kier molecular flexibility index (Phi) is 4.31. The van der Waals surface area contributed by atoms with Crippen LogP contribution in [0.4, 0.5) is 5.82 Å². The Labute approximate surface area is 119 Å². The van der Waals surface area contributed by atoms with Crippen molar-refractivity contribution in [3.05, 3.63) is 22.3 Å². The third-order valence-corrected chi connectivity index (χ3v) is 4.36. The first-order valence-electron chi connectivity index (χ1n) is 6.97. The van der Waals surface area contributed by atoms with Gasteiger partial charge in [-0.25, -0.2) is 4.98 Å². The fourth-order valence-corrected chi connectivity index (χ4v) is 3.73. The molecule has 100 valence electrons. The maximum atomic E-state index is 4.56. The average Bonchev–Trinajstić information content (AvgIpc) is 2.26. The van der Waals surface area contributed by atoms with Crippen molar-refractivity contribution >= 4 is 21.7 Å². The van der Waals surface area contributed by atoms with Crippen LogP contribution in [0.15, 0.2) is 16.7 Å². The Morgan fingerprint density at radius 3 is 2.39 bits per heavy atom. The highest BCUT2D eigenvalue weighted by Crippen LogP contribution is 2.42. The number of anilines is 1. The zero-order valence-corrected chi connectivity index (χ0v) is 13.3. The van der Waals surface area contributed by atoms with E-state index in [1.54, 1.807) is 0 Å². The summed E-state index contributed by atoms with van der Waals surface area (Å²) in [5.74, 6) is 1.17. The molecule has 0 bridgehead atoms. The Balaban J connectivity index is 2.06. The van der Waals surface area contributed by atoms with Crippen LogP contribution in [0.5, 0.6) is 0 Å². The molecule has 1 aliphatic heterocycles. The first-order valence-corrected chi connectivity index (χ1v) is 7.76. The van der Waals surface area contributed by atoms with Crippen LogP contribution in [-0.4, -0.2) is 18.1 Å². The van der Waals surface area contributed by atoms with E-state index in [0.717, 1.165) is 4.47 Å². The molecule has 2 nitrogen and oxygen atoms in total. The molecule has 0 unspecified atom stereocenters. The largest absolute Gasteiger partial charge is 0.355 e. The first-order chi connectivity index (χ1) is 8.60. The number of nitrogens with zero attached hydrogens (tertiary/aromatic N) is 2. The number of hydrogen-bond acceptors (Lipinski definition) is 2. The second kappa shape index (κ2) is 5.60. The second-order valence-electron chi connectivity index (χ2n) is 5.65. The third kappa shape index (κ3) is 2.71. The molecule has 0 saturated carbocycles. The molecular formula is C15H23BrN2. The number of aryl methyl sites for hydroxylation is 1. The van der Waals surface area contributed by atoms with Crippen LogP contribution in [0.25, 0.3) is 0 Å². The van der Waals surface area contributed by atoms with E-state index in [0.29, 0.717) is 5.41 Å². The van der Waals surface area contributed by atoms with E-state index in [9.17, 15) is 0 Å². The summed E-state index contributed by atoms with van der Waals surface area (Å²) in [4.78, 5) is 7.00. The summed E-state index contributed by atoms with van der Waals surface area (Å²) < 4.78 is 1.07. The predicted octanol–water partition coefficient (Wildman–Crippen LogP) is 4.56. The fraction of sp³-hybridized carbons (Fsp3) is 0.667. The Bertz CT molecular complexity index is 403. The summed E-state index contributed by atoms with van der Waals surface area (Å²) in [5.41, 5.74) is 1.83. The van der Waals surface area contributed by atoms with Crippen LogP contribution in [0.2, 0.25) is 0 Å². The van der Waals surface area contributed by atoms with E-state index in [-0.39, 0.29) is 0 Å². The normalized spacial score (nSPS) is 17.7. The van der Waals surface area contributed by atoms with Crippen LogP contribution in [-0.2, 0) is 0 Å². The lowest BCUT2D eigenvalue weighted by Gasteiger charge is -2.51. The minimum absolute atomic E-state index is 0.560. The quantitative estimate of drug-likeness (QED) is 0.792. The standard InChI is InChI=1S/C15H23BrN2/c1-4-6-15(7-5-2)10-18(11-15)14-12(3)8-13(16)9-17-14/h8-9H,4-7,10-11H2,1-3H3. The van der Waals surface area contributed by atoms with Crippen LogP contribution in [0, 0.1) is 12.3 Å². The zero-order valence-electron chi connectivity index (χ0n) is 11.7. The minimum atomic E-state index is 0.560. The maximum Gasteiger partial charge on any atom is 0.131 e. The molecule has 1 fully saturated rings. The second-order valence-corrected chi connectivity index (χ2v) is 6.57. The molecule has 1 saturated heterocycles. The van der Waals surface area contributed by atoms with Crippen molar-refractivity contribution in [3.63, 3.8) is 0 Å². The van der Waals surface area contributed by atoms with Gasteiger partial charge in [0.25, 0.3) is 0 Å². The van der Waals surface area contributed by atoms with Crippen LogP contribution in [0.3, 0.4) is 0 Å². The Hall–Kier alpha value is -0.570. The molecule has 1 aromatic heterocycles. The van der Waals surface area contributed by atoms with Gasteiger partial charge >= 0.3 is 0 Å². The summed E-state index contributed by atoms with van der Waals surface area (Å²) in [7, 11) is 0. The lowest BCUT2D eigenvalue weighted by molar-refractivity contribution is 0.172. The van der Waals surface area contributed by atoms with E-state index in [4.69, 9.17) is 0 Å². The number of aromatic nitrogens is 1. The molecule has 0 spiro atoms. The molecular weight excluding hydrogens is 288 g/mol. The van der Waals surface area contributed by atoms with Crippen molar-refractivity contribution in [3.8, 4) is 0 Å². The minimum Gasteiger partial charge on any atom is -0.355 e. The van der Waals surface area contributed by atoms with Gasteiger partial charge in [0.05, 0.1) is 0 Å². The number of rotatable bonds is 5. The maximum absolute atomic E-state index is 4.56. The summed E-state index contributed by atoms with van der Waals surface area (Å²) in [6, 6.07) is 2.15. The smallest absolute Gasteiger partial charge is 0.131 e. The van der Waals surface area contributed by atoms with Gasteiger partial charge in [-0.1, -0.05) is 26.7 Å². The molecule has 0 radical (unpaired) electrons. The fourth-order valence-electron chi connectivity index (χ4n) is 3.28. The van der Waals surface area contributed by atoms with Crippen molar-refractivity contribution in [1.82, 2.24) is 4.98 Å². The highest BCUT2D eigenvalue weighted by atomic mass is 79.9. The van der Waals surface area contributed by atoms with E-state index in [1.165, 1.54) is 50.2 Å². The van der Waals surface area contributed by atoms with E-state index < -0.39 is 0 Å². The highest BCUT2D eigenvalue weighted by molar-refractivity contribution is 9.10. The van der Waals surface area contributed by atoms with Gasteiger partial charge < -0.3 is 4.90 Å². The predicted molar refractivity (Wildman–Crippen MR) is 81.1 cm³/mol. The SMILES string of the molecule is CCCC1(CCC)CN(c2ncc(Br)cc2C)C1. The molecule has 2 heterocycles. The van der Waals surface area contributed by atoms with Crippen LogP contribution in [0.1, 0.15) is 45.1 Å². The summed E-state index contributed by atoms with van der Waals surface area (Å²) in [6.07, 6.45) is 7.20. The summed E-state index contributed by atoms with van der Waals surface area (Å²) in [5, 5.41) is 0. The molecule has 0 aliphatic carbocycles. The van der Waals surface area contributed by atoms with Crippen molar-refractivity contribution < 1.29 is 0 Å². The Morgan fingerprint density at radius 2 is 1.89 bits per heavy atom. The Morgan fingerprint density at radius 1 is 1.28 bits per heavy atom. The molecule has 18 heavy (non-hydrogen) atoms. The van der Waals surface area contributed by atoms with Crippen LogP contribution < -0.4 is 4.90 Å². The topological polar surface area (TPSA) is 16.1 Å². The highest BCUT2D eigenvalue weighted by Gasteiger charge is 2.42. The zero-order chi connectivity index (χ0) is 13.2. The molecule has 2 rings (SSSR count). The van der Waals surface area contributed by atoms with Gasteiger partial charge in [-0.05, 0) is 47.3 Å². The van der Waals surface area contributed by atoms with Gasteiger partial charge in [0.2, 0.25) is 0 Å². The molecule has 0 N–H and O–H groups in total. The third-order valence-electron chi connectivity index (χ3n) is 3.93. The molecule has 3 heteroatoms. The number of pyridine rings is 1. The van der Waals surface area contributed by atoms with E-state index >= 15 is 0 Å². The van der Waals surface area contributed by atoms with Gasteiger partial charge in [0, 0.05) is 29.2 Å². The van der Waals surface area contributed by atoms with Gasteiger partial charge in [0.1, 0.15) is 5.82 Å². The van der Waals surface area contributed by atoms with Gasteiger partial charge in [0.15, 0.2) is 0 Å². The molecule has 0 atom stereocenters. The average molecular weight is 311 g/mol. The van der Waals surface area contributed by atoms with Crippen molar-refractivity contribution in [2.24, 2.45) is 5.41 Å². The van der Waals surface area contributed by atoms with Gasteiger partial charge in [-0.3, -0.25) is 0 Å². The molecule has 0 aromatic carbocycles. The first kappa shape index (κ1) is 13.9. The number of halogens is 1. The monoisotopic (exact) mass is 310 g/mol. The lowest BCUT2D eigenvalue weighted by Crippen LogP contribution is -2.56. The van der Waals surface area contributed by atoms with Gasteiger partial charge in [-0.15, -0.1) is 0 Å². The lowest BCUT2D eigenvalue weighted by atomic mass is 9.72. The summed E-state index contributed by atoms with van der Waals surface area (Å²) in [6.45, 7) is 9.10. The van der Waals surface area contributed by atoms with Crippen molar-refractivity contribution in [2.45, 2.75) is 46.5 Å². The van der Waals surface area contributed by atoms with Crippen molar-refractivity contribution in [2.75, 3.05) is 18.0 Å². The molecule has 0 amide bonds. The summed E-state index contributed by atoms with van der Waals surface area (Å²) >= 11 is 3.48.